The van der Waals surface area contributed by atoms with Crippen LogP contribution in [0.3, 0.4) is 0 Å². The Morgan fingerprint density at radius 2 is 1.44 bits per heavy atom. The van der Waals surface area contributed by atoms with Crippen LogP contribution in [-0.2, 0) is 4.79 Å². The molecule has 2 aromatic rings. The van der Waals surface area contributed by atoms with E-state index >= 15 is 0 Å². The molecule has 0 bridgehead atoms. The molecule has 5 N–H and O–H groups in total. The summed E-state index contributed by atoms with van der Waals surface area (Å²) in [6.45, 7) is 7.48. The average Bonchev–Trinajstić information content (AvgIpc) is 2.76. The fourth-order valence-corrected chi connectivity index (χ4v) is 3.51. The smallest absolute Gasteiger partial charge is 0.251 e. The Bertz CT molecular complexity index is 1010. The van der Waals surface area contributed by atoms with Crippen molar-refractivity contribution in [1.82, 2.24) is 10.2 Å². The molecule has 168 valence electrons. The number of nitrogens with two attached hydrogens (primary N) is 2. The molecule has 1 saturated heterocycles. The quantitative estimate of drug-likeness (QED) is 0.614. The van der Waals surface area contributed by atoms with Crippen LogP contribution in [0.1, 0.15) is 35.3 Å². The molecule has 1 unspecified atom stereocenters. The van der Waals surface area contributed by atoms with Crippen LogP contribution in [0.5, 0.6) is 0 Å². The van der Waals surface area contributed by atoms with Crippen LogP contribution < -0.4 is 21.7 Å². The molecule has 1 aliphatic heterocycles. The molecule has 1 fully saturated rings. The van der Waals surface area contributed by atoms with Crippen molar-refractivity contribution >= 4 is 17.5 Å². The molecule has 0 spiro atoms. The van der Waals surface area contributed by atoms with Gasteiger partial charge in [0.15, 0.2) is 0 Å². The molecule has 1 aliphatic rings. The molecule has 1 atom stereocenters. The number of hydrogen-bond donors (Lipinski definition) is 3. The minimum absolute atomic E-state index is 0.405. The highest BCUT2D eigenvalue weighted by atomic mass is 16.2. The topological polar surface area (TPSA) is 105 Å². The summed E-state index contributed by atoms with van der Waals surface area (Å²) in [4.78, 5) is 28.8. The molecule has 0 radical (unpaired) electrons. The first kappa shape index (κ1) is 23.3. The van der Waals surface area contributed by atoms with Crippen LogP contribution in [0.4, 0.5) is 5.69 Å². The number of carbonyl (C=O) groups is 2. The summed E-state index contributed by atoms with van der Waals surface area (Å²) in [7, 11) is 2.15. The first-order valence-corrected chi connectivity index (χ1v) is 10.7. The van der Waals surface area contributed by atoms with E-state index in [2.05, 4.69) is 46.1 Å². The lowest BCUT2D eigenvalue weighted by atomic mass is 9.95. The van der Waals surface area contributed by atoms with Gasteiger partial charge in [0.2, 0.25) is 5.91 Å². The number of hydrogen-bond acceptors (Lipinski definition) is 5. The highest BCUT2D eigenvalue weighted by molar-refractivity contribution is 5.97. The molecule has 2 aromatic carbocycles. The molecular weight excluding hydrogens is 402 g/mol. The second kappa shape index (κ2) is 9.86. The monoisotopic (exact) mass is 433 g/mol. The lowest BCUT2D eigenvalue weighted by molar-refractivity contribution is -0.121. The summed E-state index contributed by atoms with van der Waals surface area (Å²) in [5.74, 6) is 5.19. The molecule has 0 aliphatic carbocycles. The summed E-state index contributed by atoms with van der Waals surface area (Å²) in [5, 5.41) is 2.60. The zero-order chi connectivity index (χ0) is 23.3. The molecular formula is C25H31N5O2. The van der Waals surface area contributed by atoms with Crippen LogP contribution in [0.2, 0.25) is 0 Å². The van der Waals surface area contributed by atoms with Gasteiger partial charge in [-0.1, -0.05) is 11.8 Å². The van der Waals surface area contributed by atoms with E-state index in [1.165, 1.54) is 5.69 Å². The molecule has 32 heavy (non-hydrogen) atoms. The van der Waals surface area contributed by atoms with Crippen LogP contribution in [0.25, 0.3) is 0 Å². The Morgan fingerprint density at radius 3 is 1.91 bits per heavy atom. The molecule has 7 heteroatoms. The van der Waals surface area contributed by atoms with E-state index in [4.69, 9.17) is 11.5 Å². The van der Waals surface area contributed by atoms with Gasteiger partial charge in [-0.3, -0.25) is 9.59 Å². The van der Waals surface area contributed by atoms with Crippen molar-refractivity contribution in [3.63, 3.8) is 0 Å². The van der Waals surface area contributed by atoms with Crippen molar-refractivity contribution in [3.05, 3.63) is 65.2 Å². The van der Waals surface area contributed by atoms with E-state index in [0.717, 1.165) is 37.3 Å². The SMILES string of the molecule is CN1CCN(c2ccc(C#Cc3ccc(C(=O)NC(C(N)=O)C(C)(C)N)cc3)cc2)CC1. The summed E-state index contributed by atoms with van der Waals surface area (Å²) in [6, 6.07) is 14.2. The Balaban J connectivity index is 1.63. The van der Waals surface area contributed by atoms with Gasteiger partial charge < -0.3 is 26.6 Å². The molecule has 3 rings (SSSR count). The third kappa shape index (κ3) is 6.10. The summed E-state index contributed by atoms with van der Waals surface area (Å²) in [5.41, 5.74) is 13.7. The van der Waals surface area contributed by atoms with Gasteiger partial charge in [-0.25, -0.2) is 0 Å². The van der Waals surface area contributed by atoms with Gasteiger partial charge >= 0.3 is 0 Å². The third-order valence-corrected chi connectivity index (χ3v) is 5.54. The maximum absolute atomic E-state index is 12.5. The van der Waals surface area contributed by atoms with E-state index < -0.39 is 23.4 Å². The maximum atomic E-state index is 12.5. The van der Waals surface area contributed by atoms with E-state index in [1.807, 2.05) is 12.1 Å². The first-order chi connectivity index (χ1) is 15.1. The Labute approximate surface area is 189 Å². The van der Waals surface area contributed by atoms with Gasteiger partial charge in [-0.05, 0) is 69.4 Å². The van der Waals surface area contributed by atoms with E-state index in [0.29, 0.717) is 5.56 Å². The van der Waals surface area contributed by atoms with Crippen LogP contribution in [0, 0.1) is 11.8 Å². The number of anilines is 1. The standard InChI is InChI=1S/C25H31N5O2/c1-25(2,27)22(23(26)31)28-24(32)20-10-6-18(7-11-20)4-5-19-8-12-21(13-9-19)30-16-14-29(3)15-17-30/h6-13,22H,14-17,27H2,1-3H3,(H2,26,31)(H,28,32). The molecule has 2 amide bonds. The molecule has 1 heterocycles. The number of primary amides is 1. The summed E-state index contributed by atoms with van der Waals surface area (Å²) in [6.07, 6.45) is 0. The second-order valence-electron chi connectivity index (χ2n) is 8.79. The molecule has 0 saturated carbocycles. The fourth-order valence-electron chi connectivity index (χ4n) is 3.51. The highest BCUT2D eigenvalue weighted by Gasteiger charge is 2.31. The van der Waals surface area contributed by atoms with Gasteiger partial charge in [0.1, 0.15) is 6.04 Å². The van der Waals surface area contributed by atoms with Gasteiger partial charge in [0.25, 0.3) is 5.91 Å². The predicted octanol–water partition coefficient (Wildman–Crippen LogP) is 1.16. The molecule has 7 nitrogen and oxygen atoms in total. The van der Waals surface area contributed by atoms with Crippen molar-refractivity contribution in [2.75, 3.05) is 38.1 Å². The minimum atomic E-state index is -0.969. The van der Waals surface area contributed by atoms with Crippen LogP contribution >= 0.6 is 0 Å². The van der Waals surface area contributed by atoms with E-state index in [-0.39, 0.29) is 0 Å². The Hall–Kier alpha value is -3.34. The first-order valence-electron chi connectivity index (χ1n) is 10.7. The van der Waals surface area contributed by atoms with Crippen molar-refractivity contribution < 1.29 is 9.59 Å². The van der Waals surface area contributed by atoms with Crippen molar-refractivity contribution in [2.45, 2.75) is 25.4 Å². The number of benzene rings is 2. The van der Waals surface area contributed by atoms with Gasteiger partial charge in [0, 0.05) is 54.1 Å². The van der Waals surface area contributed by atoms with Crippen LogP contribution in [-0.4, -0.2) is 61.5 Å². The predicted molar refractivity (Wildman–Crippen MR) is 127 cm³/mol. The van der Waals surface area contributed by atoms with Crippen LogP contribution in [0.15, 0.2) is 48.5 Å². The zero-order valence-corrected chi connectivity index (χ0v) is 18.9. The summed E-state index contributed by atoms with van der Waals surface area (Å²) >= 11 is 0. The normalized spacial score (nSPS) is 15.4. The van der Waals surface area contributed by atoms with Gasteiger partial charge in [-0.2, -0.15) is 0 Å². The van der Waals surface area contributed by atoms with Crippen molar-refractivity contribution in [1.29, 1.82) is 0 Å². The minimum Gasteiger partial charge on any atom is -0.369 e. The lowest BCUT2D eigenvalue weighted by Crippen LogP contribution is -2.60. The van der Waals surface area contributed by atoms with Crippen molar-refractivity contribution in [2.24, 2.45) is 11.5 Å². The molecule has 0 aromatic heterocycles. The number of rotatable bonds is 5. The zero-order valence-electron chi connectivity index (χ0n) is 18.9. The van der Waals surface area contributed by atoms with E-state index in [9.17, 15) is 9.59 Å². The largest absolute Gasteiger partial charge is 0.369 e. The summed E-state index contributed by atoms with van der Waals surface area (Å²) < 4.78 is 0. The number of amides is 2. The number of carbonyl (C=O) groups excluding carboxylic acids is 2. The third-order valence-electron chi connectivity index (χ3n) is 5.54. The lowest BCUT2D eigenvalue weighted by Gasteiger charge is -2.34. The number of likely N-dealkylation sites (N-methyl/N-ethyl adjacent to an activating group) is 1. The fraction of sp³-hybridized carbons (Fsp3) is 0.360. The highest BCUT2D eigenvalue weighted by Crippen LogP contribution is 2.17. The number of nitrogens with zero attached hydrogens (tertiary/aromatic N) is 2. The number of nitrogens with one attached hydrogen (secondary N) is 1. The second-order valence-corrected chi connectivity index (χ2v) is 8.79. The van der Waals surface area contributed by atoms with E-state index in [1.54, 1.807) is 38.1 Å². The van der Waals surface area contributed by atoms with Gasteiger partial charge in [-0.15, -0.1) is 0 Å². The maximum Gasteiger partial charge on any atom is 0.251 e. The van der Waals surface area contributed by atoms with Crippen molar-refractivity contribution in [3.8, 4) is 11.8 Å². The Morgan fingerprint density at radius 1 is 0.938 bits per heavy atom. The Kier molecular flexibility index (Phi) is 7.18. The van der Waals surface area contributed by atoms with Gasteiger partial charge in [0.05, 0.1) is 0 Å². The number of piperazine rings is 1. The average molecular weight is 434 g/mol.